The van der Waals surface area contributed by atoms with Crippen molar-refractivity contribution in [2.45, 2.75) is 6.92 Å². The number of carbonyl (C=O) groups excluding carboxylic acids is 1. The largest absolute Gasteiger partial charge is 0.497 e. The quantitative estimate of drug-likeness (QED) is 0.644. The van der Waals surface area contributed by atoms with Gasteiger partial charge in [0.1, 0.15) is 5.75 Å². The van der Waals surface area contributed by atoms with Gasteiger partial charge in [-0.1, -0.05) is 6.07 Å². The van der Waals surface area contributed by atoms with Crippen LogP contribution >= 0.6 is 11.3 Å². The van der Waals surface area contributed by atoms with E-state index >= 15 is 0 Å². The van der Waals surface area contributed by atoms with Crippen molar-refractivity contribution in [1.29, 1.82) is 0 Å². The molecule has 0 saturated heterocycles. The molecule has 0 aliphatic carbocycles. The Bertz CT molecular complexity index is 758. The lowest BCUT2D eigenvalue weighted by Gasteiger charge is -2.02. The summed E-state index contributed by atoms with van der Waals surface area (Å²) in [5.74, 6) is 0.565. The highest BCUT2D eigenvalue weighted by atomic mass is 32.1. The van der Waals surface area contributed by atoms with Gasteiger partial charge in [-0.2, -0.15) is 0 Å². The van der Waals surface area contributed by atoms with Crippen molar-refractivity contribution in [3.05, 3.63) is 57.4 Å². The number of methoxy groups -OCH3 is 1. The Balaban J connectivity index is 1.93. The number of thiophene rings is 1. The monoisotopic (exact) mass is 299 g/mol. The molecule has 0 saturated carbocycles. The third-order valence-corrected chi connectivity index (χ3v) is 3.93. The van der Waals surface area contributed by atoms with Crippen molar-refractivity contribution in [3.8, 4) is 5.75 Å². The Labute approximate surface area is 126 Å². The van der Waals surface area contributed by atoms with Crippen molar-refractivity contribution in [3.63, 3.8) is 0 Å². The Hall–Kier alpha value is -2.40. The SMILES string of the molecule is COc1cccc(C2=N/C(=C\c3ccc(C)s3)C(=O)O2)c1. The molecule has 4 nitrogen and oxygen atoms in total. The van der Waals surface area contributed by atoms with Gasteiger partial charge in [-0.25, -0.2) is 9.79 Å². The van der Waals surface area contributed by atoms with Gasteiger partial charge >= 0.3 is 5.97 Å². The van der Waals surface area contributed by atoms with Gasteiger partial charge < -0.3 is 9.47 Å². The van der Waals surface area contributed by atoms with E-state index in [2.05, 4.69) is 4.99 Å². The fraction of sp³-hybridized carbons (Fsp3) is 0.125. The minimum atomic E-state index is -0.432. The molecule has 0 amide bonds. The maximum atomic E-state index is 11.9. The van der Waals surface area contributed by atoms with Gasteiger partial charge in [0.2, 0.25) is 5.90 Å². The zero-order valence-electron chi connectivity index (χ0n) is 11.6. The van der Waals surface area contributed by atoms with Gasteiger partial charge in [0.05, 0.1) is 7.11 Å². The minimum Gasteiger partial charge on any atom is -0.497 e. The first-order valence-corrected chi connectivity index (χ1v) is 7.21. The first-order chi connectivity index (χ1) is 10.2. The number of ether oxygens (including phenoxy) is 2. The van der Waals surface area contributed by atoms with Crippen LogP contribution < -0.4 is 4.74 Å². The number of hydrogen-bond donors (Lipinski definition) is 0. The van der Waals surface area contributed by atoms with E-state index in [4.69, 9.17) is 9.47 Å². The fourth-order valence-electron chi connectivity index (χ4n) is 1.95. The number of aryl methyl sites for hydroxylation is 1. The van der Waals surface area contributed by atoms with E-state index in [1.807, 2.05) is 37.3 Å². The van der Waals surface area contributed by atoms with Gasteiger partial charge in [-0.3, -0.25) is 0 Å². The summed E-state index contributed by atoms with van der Waals surface area (Å²) < 4.78 is 10.4. The summed E-state index contributed by atoms with van der Waals surface area (Å²) in [6, 6.07) is 11.2. The molecule has 0 spiro atoms. The Morgan fingerprint density at radius 2 is 2.14 bits per heavy atom. The highest BCUT2D eigenvalue weighted by Crippen LogP contribution is 2.24. The molecule has 1 aliphatic heterocycles. The number of cyclic esters (lactones) is 1. The number of carbonyl (C=O) groups is 1. The standard InChI is InChI=1S/C16H13NO3S/c1-10-6-7-13(21-10)9-14-16(18)20-15(17-14)11-4-3-5-12(8-11)19-2/h3-9H,1-2H3/b14-9-. The lowest BCUT2D eigenvalue weighted by atomic mass is 10.2. The van der Waals surface area contributed by atoms with Crippen LogP contribution in [0.2, 0.25) is 0 Å². The van der Waals surface area contributed by atoms with Crippen LogP contribution in [0.15, 0.2) is 47.1 Å². The molecule has 0 N–H and O–H groups in total. The predicted octanol–water partition coefficient (Wildman–Crippen LogP) is 3.41. The summed E-state index contributed by atoms with van der Waals surface area (Å²) >= 11 is 1.61. The Morgan fingerprint density at radius 3 is 2.86 bits per heavy atom. The fourth-order valence-corrected chi connectivity index (χ4v) is 2.77. The first-order valence-electron chi connectivity index (χ1n) is 6.39. The van der Waals surface area contributed by atoms with Crippen LogP contribution in [-0.4, -0.2) is 19.0 Å². The zero-order chi connectivity index (χ0) is 14.8. The molecule has 1 aromatic carbocycles. The molecular formula is C16H13NO3S. The summed E-state index contributed by atoms with van der Waals surface area (Å²) in [4.78, 5) is 18.3. The molecule has 21 heavy (non-hydrogen) atoms. The van der Waals surface area contributed by atoms with E-state index in [0.717, 1.165) is 4.88 Å². The molecule has 3 rings (SSSR count). The molecule has 106 valence electrons. The summed E-state index contributed by atoms with van der Waals surface area (Å²) in [5, 5.41) is 0. The molecule has 0 radical (unpaired) electrons. The number of esters is 1. The molecule has 0 unspecified atom stereocenters. The molecule has 2 heterocycles. The second-order valence-electron chi connectivity index (χ2n) is 4.52. The Kier molecular flexibility index (Phi) is 3.58. The van der Waals surface area contributed by atoms with Crippen LogP contribution in [-0.2, 0) is 9.53 Å². The molecule has 1 aromatic heterocycles. The van der Waals surface area contributed by atoms with Gasteiger partial charge in [0, 0.05) is 15.3 Å². The molecule has 0 atom stereocenters. The van der Waals surface area contributed by atoms with E-state index in [0.29, 0.717) is 22.9 Å². The summed E-state index contributed by atoms with van der Waals surface area (Å²) in [5.41, 5.74) is 1.03. The number of aliphatic imine (C=N–C) groups is 1. The summed E-state index contributed by atoms with van der Waals surface area (Å²) in [6.45, 7) is 2.02. The Morgan fingerprint density at radius 1 is 1.29 bits per heavy atom. The van der Waals surface area contributed by atoms with Crippen LogP contribution in [0.1, 0.15) is 15.3 Å². The van der Waals surface area contributed by atoms with Crippen LogP contribution in [0.5, 0.6) is 5.75 Å². The smallest absolute Gasteiger partial charge is 0.363 e. The molecule has 5 heteroatoms. The number of hydrogen-bond acceptors (Lipinski definition) is 5. The normalized spacial score (nSPS) is 16.0. The molecule has 1 aliphatic rings. The number of nitrogens with zero attached hydrogens (tertiary/aromatic N) is 1. The van der Waals surface area contributed by atoms with Crippen molar-refractivity contribution < 1.29 is 14.3 Å². The van der Waals surface area contributed by atoms with Crippen molar-refractivity contribution in [2.24, 2.45) is 4.99 Å². The maximum Gasteiger partial charge on any atom is 0.363 e. The average molecular weight is 299 g/mol. The van der Waals surface area contributed by atoms with Crippen molar-refractivity contribution in [2.75, 3.05) is 7.11 Å². The predicted molar refractivity (Wildman–Crippen MR) is 82.7 cm³/mol. The molecule has 0 fully saturated rings. The number of rotatable bonds is 3. The zero-order valence-corrected chi connectivity index (χ0v) is 12.4. The molecule has 2 aromatic rings. The lowest BCUT2D eigenvalue weighted by Crippen LogP contribution is -2.05. The first kappa shape index (κ1) is 13.6. The van der Waals surface area contributed by atoms with Crippen LogP contribution in [0.3, 0.4) is 0 Å². The third kappa shape index (κ3) is 2.87. The van der Waals surface area contributed by atoms with Gasteiger partial charge in [-0.05, 0) is 43.3 Å². The minimum absolute atomic E-state index is 0.304. The van der Waals surface area contributed by atoms with Gasteiger partial charge in [0.25, 0.3) is 0 Å². The third-order valence-electron chi connectivity index (χ3n) is 2.98. The van der Waals surface area contributed by atoms with E-state index in [-0.39, 0.29) is 0 Å². The lowest BCUT2D eigenvalue weighted by molar-refractivity contribution is -0.129. The van der Waals surface area contributed by atoms with E-state index in [1.54, 1.807) is 30.6 Å². The van der Waals surface area contributed by atoms with E-state index < -0.39 is 5.97 Å². The van der Waals surface area contributed by atoms with Gasteiger partial charge in [-0.15, -0.1) is 11.3 Å². The van der Waals surface area contributed by atoms with Crippen LogP contribution in [0, 0.1) is 6.92 Å². The summed E-state index contributed by atoms with van der Waals surface area (Å²) in [6.07, 6.45) is 1.74. The van der Waals surface area contributed by atoms with E-state index in [1.165, 1.54) is 4.88 Å². The highest BCUT2D eigenvalue weighted by molar-refractivity contribution is 7.12. The average Bonchev–Trinajstić information content (AvgIpc) is 3.06. The second kappa shape index (κ2) is 5.54. The maximum absolute atomic E-state index is 11.9. The number of benzene rings is 1. The summed E-state index contributed by atoms with van der Waals surface area (Å²) in [7, 11) is 1.59. The van der Waals surface area contributed by atoms with Crippen molar-refractivity contribution >= 4 is 29.3 Å². The van der Waals surface area contributed by atoms with Crippen LogP contribution in [0.25, 0.3) is 6.08 Å². The molecule has 0 bridgehead atoms. The topological polar surface area (TPSA) is 47.9 Å². The van der Waals surface area contributed by atoms with Crippen molar-refractivity contribution in [1.82, 2.24) is 0 Å². The van der Waals surface area contributed by atoms with Gasteiger partial charge in [0.15, 0.2) is 5.70 Å². The molecular weight excluding hydrogens is 286 g/mol. The van der Waals surface area contributed by atoms with Crippen LogP contribution in [0.4, 0.5) is 0 Å². The second-order valence-corrected chi connectivity index (χ2v) is 5.84. The highest BCUT2D eigenvalue weighted by Gasteiger charge is 2.24. The van der Waals surface area contributed by atoms with E-state index in [9.17, 15) is 4.79 Å².